The first-order chi connectivity index (χ1) is 14.4. The average Bonchev–Trinajstić information content (AvgIpc) is 3.41. The maximum absolute atomic E-state index is 12.6. The van der Waals surface area contributed by atoms with Gasteiger partial charge >= 0.3 is 5.97 Å². The highest BCUT2D eigenvalue weighted by Crippen LogP contribution is 2.26. The van der Waals surface area contributed by atoms with Gasteiger partial charge in [0.2, 0.25) is 11.7 Å². The molecule has 0 aliphatic heterocycles. The Labute approximate surface area is 181 Å². The van der Waals surface area contributed by atoms with Gasteiger partial charge in [0.25, 0.3) is 0 Å². The molecule has 3 rings (SSSR count). The third-order valence-electron chi connectivity index (χ3n) is 3.98. The number of ketones is 1. The number of furan rings is 1. The molecule has 0 spiro atoms. The van der Waals surface area contributed by atoms with E-state index in [0.717, 1.165) is 4.88 Å². The Morgan fingerprint density at radius 3 is 2.70 bits per heavy atom. The van der Waals surface area contributed by atoms with E-state index in [1.165, 1.54) is 36.3 Å². The molecule has 3 aromatic heterocycles. The third-order valence-corrected chi connectivity index (χ3v) is 5.79. The van der Waals surface area contributed by atoms with Crippen molar-refractivity contribution in [1.82, 2.24) is 15.3 Å². The molecule has 0 unspecified atom stereocenters. The zero-order chi connectivity index (χ0) is 21.7. The van der Waals surface area contributed by atoms with E-state index in [2.05, 4.69) is 15.3 Å². The molecule has 30 heavy (non-hydrogen) atoms. The maximum Gasteiger partial charge on any atom is 0.343 e. The Morgan fingerprint density at radius 1 is 1.23 bits per heavy atom. The normalized spacial score (nSPS) is 10.6. The van der Waals surface area contributed by atoms with E-state index in [-0.39, 0.29) is 17.3 Å². The fraction of sp³-hybridized carbons (Fsp3) is 0.250. The first-order valence-corrected chi connectivity index (χ1v) is 10.9. The molecule has 0 aromatic carbocycles. The van der Waals surface area contributed by atoms with Crippen molar-refractivity contribution in [3.63, 3.8) is 0 Å². The number of nitrogens with zero attached hydrogens (tertiary/aromatic N) is 2. The Kier molecular flexibility index (Phi) is 7.01. The van der Waals surface area contributed by atoms with Crippen molar-refractivity contribution in [2.75, 3.05) is 12.9 Å². The lowest BCUT2D eigenvalue weighted by Gasteiger charge is -2.10. The lowest BCUT2D eigenvalue weighted by Crippen LogP contribution is -2.18. The summed E-state index contributed by atoms with van der Waals surface area (Å²) in [6, 6.07) is 6.87. The molecule has 8 nitrogen and oxygen atoms in total. The number of ether oxygens (including phenoxy) is 1. The van der Waals surface area contributed by atoms with Crippen LogP contribution < -0.4 is 5.32 Å². The smallest absolute Gasteiger partial charge is 0.343 e. The summed E-state index contributed by atoms with van der Waals surface area (Å²) in [5.74, 6) is -0.258. The SMILES string of the molecule is CSc1nc(-c2ccco2)nc(C)c1C(=O)OCC(=O)c1ccc(CNC(C)=O)s1. The molecule has 3 heterocycles. The van der Waals surface area contributed by atoms with Crippen LogP contribution in [-0.4, -0.2) is 40.5 Å². The molecule has 0 saturated carbocycles. The maximum atomic E-state index is 12.6. The zero-order valence-corrected chi connectivity index (χ0v) is 18.2. The molecule has 0 aliphatic rings. The molecule has 0 bridgehead atoms. The standard InChI is InChI=1S/C20H19N3O5S2/c1-11-17(19(29-3)23-18(22-11)15-5-4-8-27-15)20(26)28-10-14(25)16-7-6-13(30-16)9-21-12(2)24/h4-8H,9-10H2,1-3H3,(H,21,24). The van der Waals surface area contributed by atoms with Crippen LogP contribution >= 0.6 is 23.1 Å². The second-order valence-corrected chi connectivity index (χ2v) is 8.13. The minimum atomic E-state index is -0.661. The fourth-order valence-corrected chi connectivity index (χ4v) is 4.04. The van der Waals surface area contributed by atoms with Crippen LogP contribution in [0.4, 0.5) is 0 Å². The Balaban J connectivity index is 1.68. The van der Waals surface area contributed by atoms with E-state index in [1.54, 1.807) is 37.4 Å². The van der Waals surface area contributed by atoms with Crippen molar-refractivity contribution in [3.8, 4) is 11.6 Å². The van der Waals surface area contributed by atoms with Gasteiger partial charge in [0, 0.05) is 11.8 Å². The molecule has 0 saturated heterocycles. The summed E-state index contributed by atoms with van der Waals surface area (Å²) >= 11 is 2.53. The number of hydrogen-bond donors (Lipinski definition) is 1. The fourth-order valence-electron chi connectivity index (χ4n) is 2.55. The monoisotopic (exact) mass is 445 g/mol. The number of Topliss-reactive ketones (excluding diaryl/α,β-unsaturated/α-hetero) is 1. The van der Waals surface area contributed by atoms with Gasteiger partial charge in [-0.1, -0.05) is 0 Å². The highest BCUT2D eigenvalue weighted by atomic mass is 32.2. The molecule has 0 aliphatic carbocycles. The zero-order valence-electron chi connectivity index (χ0n) is 16.6. The summed E-state index contributed by atoms with van der Waals surface area (Å²) in [7, 11) is 0. The van der Waals surface area contributed by atoms with Gasteiger partial charge in [-0.05, 0) is 37.4 Å². The molecule has 0 radical (unpaired) electrons. The van der Waals surface area contributed by atoms with Gasteiger partial charge < -0.3 is 14.5 Å². The van der Waals surface area contributed by atoms with E-state index in [1.807, 2.05) is 0 Å². The number of carbonyl (C=O) groups excluding carboxylic acids is 3. The quantitative estimate of drug-likeness (QED) is 0.243. The molecular formula is C20H19N3O5S2. The summed E-state index contributed by atoms with van der Waals surface area (Å²) in [6.45, 7) is 3.06. The lowest BCUT2D eigenvalue weighted by molar-refractivity contribution is -0.119. The van der Waals surface area contributed by atoms with Crippen LogP contribution in [-0.2, 0) is 16.1 Å². The minimum Gasteiger partial charge on any atom is -0.461 e. The minimum absolute atomic E-state index is 0.148. The van der Waals surface area contributed by atoms with Gasteiger partial charge in [-0.25, -0.2) is 14.8 Å². The Bertz CT molecular complexity index is 1080. The van der Waals surface area contributed by atoms with Crippen LogP contribution in [0.25, 0.3) is 11.6 Å². The molecular weight excluding hydrogens is 426 g/mol. The molecule has 0 atom stereocenters. The number of nitrogens with one attached hydrogen (secondary N) is 1. The van der Waals surface area contributed by atoms with Crippen molar-refractivity contribution in [2.24, 2.45) is 0 Å². The van der Waals surface area contributed by atoms with Gasteiger partial charge in [0.05, 0.1) is 23.4 Å². The molecule has 3 aromatic rings. The van der Waals surface area contributed by atoms with Crippen LogP contribution in [0.5, 0.6) is 0 Å². The summed E-state index contributed by atoms with van der Waals surface area (Å²) in [4.78, 5) is 46.0. The van der Waals surface area contributed by atoms with Crippen molar-refractivity contribution in [3.05, 3.63) is 51.5 Å². The third kappa shape index (κ3) is 5.14. The van der Waals surface area contributed by atoms with Gasteiger partial charge in [0.15, 0.2) is 18.2 Å². The van der Waals surface area contributed by atoms with Crippen molar-refractivity contribution < 1.29 is 23.5 Å². The number of rotatable bonds is 8. The lowest BCUT2D eigenvalue weighted by atomic mass is 10.2. The van der Waals surface area contributed by atoms with E-state index in [9.17, 15) is 14.4 Å². The van der Waals surface area contributed by atoms with E-state index in [0.29, 0.717) is 33.7 Å². The number of aromatic nitrogens is 2. The predicted molar refractivity (Wildman–Crippen MR) is 113 cm³/mol. The molecule has 156 valence electrons. The summed E-state index contributed by atoms with van der Waals surface area (Å²) in [6.07, 6.45) is 3.31. The number of thioether (sulfide) groups is 1. The van der Waals surface area contributed by atoms with E-state index >= 15 is 0 Å². The van der Waals surface area contributed by atoms with Gasteiger partial charge in [-0.3, -0.25) is 9.59 Å². The second kappa shape index (κ2) is 9.68. The van der Waals surface area contributed by atoms with Crippen LogP contribution in [0.3, 0.4) is 0 Å². The largest absolute Gasteiger partial charge is 0.461 e. The predicted octanol–water partition coefficient (Wildman–Crippen LogP) is 3.50. The Morgan fingerprint density at radius 2 is 2.03 bits per heavy atom. The van der Waals surface area contributed by atoms with Crippen LogP contribution in [0.1, 0.15) is 37.5 Å². The van der Waals surface area contributed by atoms with Crippen molar-refractivity contribution in [1.29, 1.82) is 0 Å². The van der Waals surface area contributed by atoms with Crippen molar-refractivity contribution in [2.45, 2.75) is 25.4 Å². The first kappa shape index (κ1) is 21.7. The number of carbonyl (C=O) groups is 3. The summed E-state index contributed by atoms with van der Waals surface area (Å²) in [5.41, 5.74) is 0.662. The van der Waals surface area contributed by atoms with E-state index in [4.69, 9.17) is 9.15 Å². The van der Waals surface area contributed by atoms with Crippen LogP contribution in [0.15, 0.2) is 40.0 Å². The number of hydrogen-bond acceptors (Lipinski definition) is 9. The number of amides is 1. The van der Waals surface area contributed by atoms with Crippen molar-refractivity contribution >= 4 is 40.8 Å². The highest BCUT2D eigenvalue weighted by Gasteiger charge is 2.22. The van der Waals surface area contributed by atoms with Gasteiger partial charge in [-0.15, -0.1) is 23.1 Å². The molecule has 1 amide bonds. The van der Waals surface area contributed by atoms with Crippen LogP contribution in [0, 0.1) is 6.92 Å². The van der Waals surface area contributed by atoms with E-state index < -0.39 is 12.6 Å². The van der Waals surface area contributed by atoms with Crippen LogP contribution in [0.2, 0.25) is 0 Å². The van der Waals surface area contributed by atoms with Gasteiger partial charge in [-0.2, -0.15) is 0 Å². The second-order valence-electron chi connectivity index (χ2n) is 6.17. The first-order valence-electron chi connectivity index (χ1n) is 8.89. The average molecular weight is 446 g/mol. The Hall–Kier alpha value is -2.98. The summed E-state index contributed by atoms with van der Waals surface area (Å²) in [5, 5.41) is 3.12. The topological polar surface area (TPSA) is 111 Å². The molecule has 10 heteroatoms. The number of esters is 1. The highest BCUT2D eigenvalue weighted by molar-refractivity contribution is 7.98. The van der Waals surface area contributed by atoms with Gasteiger partial charge in [0.1, 0.15) is 10.6 Å². The number of aryl methyl sites for hydroxylation is 1. The number of thiophene rings is 1. The molecule has 0 fully saturated rings. The summed E-state index contributed by atoms with van der Waals surface area (Å²) < 4.78 is 10.6. The molecule has 1 N–H and O–H groups in total.